The van der Waals surface area contributed by atoms with Crippen molar-refractivity contribution in [1.82, 2.24) is 25.1 Å². The summed E-state index contributed by atoms with van der Waals surface area (Å²) in [5, 5.41) is 8.03. The molecule has 1 saturated heterocycles. The Balaban J connectivity index is 1.25. The number of carbonyl (C=O) groups excluding carboxylic acids is 1. The van der Waals surface area contributed by atoms with Crippen LogP contribution in [0.25, 0.3) is 10.9 Å². The van der Waals surface area contributed by atoms with Crippen LogP contribution in [0.15, 0.2) is 36.7 Å². The largest absolute Gasteiger partial charge is 0.474 e. The lowest BCUT2D eigenvalue weighted by Crippen LogP contribution is -2.49. The number of hydrogen-bond acceptors (Lipinski definition) is 6. The number of benzene rings is 1. The molecule has 2 fully saturated rings. The van der Waals surface area contributed by atoms with Gasteiger partial charge in [0.2, 0.25) is 5.88 Å². The SMILES string of the molecule is O=C(c1n[nH]c2ccccc12)N1CCN(c2cc(OC3CCC3)ncn2)CC1. The van der Waals surface area contributed by atoms with Crippen LogP contribution in [-0.2, 0) is 0 Å². The first-order chi connectivity index (χ1) is 13.8. The molecule has 8 heteroatoms. The number of nitrogens with zero attached hydrogens (tertiary/aromatic N) is 5. The van der Waals surface area contributed by atoms with E-state index in [2.05, 4.69) is 25.1 Å². The Labute approximate surface area is 162 Å². The molecule has 5 rings (SSSR count). The van der Waals surface area contributed by atoms with Crippen molar-refractivity contribution >= 4 is 22.6 Å². The second-order valence-corrected chi connectivity index (χ2v) is 7.28. The van der Waals surface area contributed by atoms with Crippen LogP contribution in [0.2, 0.25) is 0 Å². The molecule has 144 valence electrons. The molecule has 3 aromatic rings. The number of nitrogens with one attached hydrogen (secondary N) is 1. The number of hydrogen-bond donors (Lipinski definition) is 1. The summed E-state index contributed by atoms with van der Waals surface area (Å²) in [6.45, 7) is 2.69. The third-order valence-electron chi connectivity index (χ3n) is 5.53. The third-order valence-corrected chi connectivity index (χ3v) is 5.53. The number of H-pyrrole nitrogens is 1. The van der Waals surface area contributed by atoms with Gasteiger partial charge in [-0.3, -0.25) is 9.89 Å². The van der Waals surface area contributed by atoms with Gasteiger partial charge in [-0.2, -0.15) is 5.10 Å². The first kappa shape index (κ1) is 17.0. The maximum Gasteiger partial charge on any atom is 0.275 e. The molecule has 0 spiro atoms. The smallest absolute Gasteiger partial charge is 0.275 e. The van der Waals surface area contributed by atoms with Crippen molar-refractivity contribution in [2.24, 2.45) is 0 Å². The van der Waals surface area contributed by atoms with Gasteiger partial charge in [-0.05, 0) is 25.3 Å². The van der Waals surface area contributed by atoms with Gasteiger partial charge in [-0.15, -0.1) is 0 Å². The zero-order valence-electron chi connectivity index (χ0n) is 15.5. The summed E-state index contributed by atoms with van der Waals surface area (Å²) in [7, 11) is 0. The molecule has 1 amide bonds. The zero-order chi connectivity index (χ0) is 18.9. The van der Waals surface area contributed by atoms with Crippen LogP contribution in [0.5, 0.6) is 5.88 Å². The first-order valence-corrected chi connectivity index (χ1v) is 9.74. The molecule has 1 aliphatic carbocycles. The fourth-order valence-corrected chi connectivity index (χ4v) is 3.64. The van der Waals surface area contributed by atoms with E-state index in [1.165, 1.54) is 6.42 Å². The summed E-state index contributed by atoms with van der Waals surface area (Å²) in [6, 6.07) is 9.60. The molecule has 1 aliphatic heterocycles. The van der Waals surface area contributed by atoms with Crippen molar-refractivity contribution in [2.75, 3.05) is 31.1 Å². The molecule has 2 aliphatic rings. The van der Waals surface area contributed by atoms with Crippen molar-refractivity contribution in [3.63, 3.8) is 0 Å². The molecule has 0 atom stereocenters. The Hall–Kier alpha value is -3.16. The van der Waals surface area contributed by atoms with Gasteiger partial charge in [-0.25, -0.2) is 9.97 Å². The van der Waals surface area contributed by atoms with Gasteiger partial charge in [0, 0.05) is 37.6 Å². The molecule has 1 N–H and O–H groups in total. The number of anilines is 1. The second kappa shape index (κ2) is 7.10. The highest BCUT2D eigenvalue weighted by atomic mass is 16.5. The van der Waals surface area contributed by atoms with Crippen LogP contribution in [0.4, 0.5) is 5.82 Å². The number of amides is 1. The lowest BCUT2D eigenvalue weighted by atomic mass is 9.96. The summed E-state index contributed by atoms with van der Waals surface area (Å²) < 4.78 is 5.88. The molecule has 2 aromatic heterocycles. The molecule has 0 unspecified atom stereocenters. The fourth-order valence-electron chi connectivity index (χ4n) is 3.64. The van der Waals surface area contributed by atoms with Crippen LogP contribution in [0.1, 0.15) is 29.8 Å². The Kier molecular flexibility index (Phi) is 4.31. The summed E-state index contributed by atoms with van der Waals surface area (Å²) in [5.41, 5.74) is 1.37. The quantitative estimate of drug-likeness (QED) is 0.749. The van der Waals surface area contributed by atoms with E-state index in [9.17, 15) is 4.79 Å². The zero-order valence-corrected chi connectivity index (χ0v) is 15.5. The number of para-hydroxylation sites is 1. The lowest BCUT2D eigenvalue weighted by Gasteiger charge is -2.35. The predicted molar refractivity (Wildman–Crippen MR) is 105 cm³/mol. The van der Waals surface area contributed by atoms with E-state index in [0.29, 0.717) is 43.9 Å². The van der Waals surface area contributed by atoms with E-state index >= 15 is 0 Å². The van der Waals surface area contributed by atoms with E-state index in [4.69, 9.17) is 4.74 Å². The minimum absolute atomic E-state index is 0.0335. The molecular formula is C20H22N6O2. The van der Waals surface area contributed by atoms with Gasteiger partial charge in [0.25, 0.3) is 5.91 Å². The summed E-state index contributed by atoms with van der Waals surface area (Å²) >= 11 is 0. The van der Waals surface area contributed by atoms with Gasteiger partial charge >= 0.3 is 0 Å². The summed E-state index contributed by atoms with van der Waals surface area (Å²) in [4.78, 5) is 25.5. The van der Waals surface area contributed by atoms with Crippen LogP contribution in [0, 0.1) is 0 Å². The molecule has 28 heavy (non-hydrogen) atoms. The molecule has 1 aromatic carbocycles. The number of fused-ring (bicyclic) bond motifs is 1. The topological polar surface area (TPSA) is 87.2 Å². The molecule has 1 saturated carbocycles. The number of carbonyl (C=O) groups is 1. The number of aromatic amines is 1. The van der Waals surface area contributed by atoms with Crippen molar-refractivity contribution < 1.29 is 9.53 Å². The van der Waals surface area contributed by atoms with E-state index in [1.807, 2.05) is 35.2 Å². The van der Waals surface area contributed by atoms with Crippen LogP contribution in [0.3, 0.4) is 0 Å². The van der Waals surface area contributed by atoms with Crippen molar-refractivity contribution in [3.05, 3.63) is 42.4 Å². The molecule has 3 heterocycles. The first-order valence-electron chi connectivity index (χ1n) is 9.74. The van der Waals surface area contributed by atoms with Crippen molar-refractivity contribution in [1.29, 1.82) is 0 Å². The molecule has 0 radical (unpaired) electrons. The highest BCUT2D eigenvalue weighted by Crippen LogP contribution is 2.26. The summed E-state index contributed by atoms with van der Waals surface area (Å²) in [5.74, 6) is 1.45. The Morgan fingerprint density at radius 1 is 1.11 bits per heavy atom. The molecule has 8 nitrogen and oxygen atoms in total. The van der Waals surface area contributed by atoms with E-state index in [1.54, 1.807) is 6.33 Å². The van der Waals surface area contributed by atoms with Gasteiger partial charge in [-0.1, -0.05) is 18.2 Å². The van der Waals surface area contributed by atoms with Gasteiger partial charge in [0.05, 0.1) is 5.52 Å². The Bertz CT molecular complexity index is 991. The molecular weight excluding hydrogens is 356 g/mol. The monoisotopic (exact) mass is 378 g/mol. The maximum atomic E-state index is 12.9. The minimum Gasteiger partial charge on any atom is -0.474 e. The van der Waals surface area contributed by atoms with Gasteiger partial charge < -0.3 is 14.5 Å². The number of piperazine rings is 1. The highest BCUT2D eigenvalue weighted by molar-refractivity contribution is 6.04. The lowest BCUT2D eigenvalue weighted by molar-refractivity contribution is 0.0742. The van der Waals surface area contributed by atoms with E-state index in [0.717, 1.165) is 29.6 Å². The second-order valence-electron chi connectivity index (χ2n) is 7.28. The third kappa shape index (κ3) is 3.15. The predicted octanol–water partition coefficient (Wildman–Crippen LogP) is 2.25. The minimum atomic E-state index is -0.0335. The number of rotatable bonds is 4. The van der Waals surface area contributed by atoms with Crippen LogP contribution in [-0.4, -0.2) is 63.3 Å². The average Bonchev–Trinajstić information content (AvgIpc) is 3.15. The van der Waals surface area contributed by atoms with Gasteiger partial charge in [0.15, 0.2) is 5.69 Å². The standard InChI is InChI=1S/C20H22N6O2/c27-20(19-15-6-1-2-7-16(15)23-24-19)26-10-8-25(9-11-26)17-12-18(22-13-21-17)28-14-4-3-5-14/h1-2,6-7,12-14H,3-5,8-11H2,(H,23,24). The van der Waals surface area contributed by atoms with Crippen LogP contribution < -0.4 is 9.64 Å². The fraction of sp³-hybridized carbons (Fsp3) is 0.400. The van der Waals surface area contributed by atoms with E-state index < -0.39 is 0 Å². The van der Waals surface area contributed by atoms with Crippen molar-refractivity contribution in [2.45, 2.75) is 25.4 Å². The number of ether oxygens (including phenoxy) is 1. The highest BCUT2D eigenvalue weighted by Gasteiger charge is 2.26. The normalized spacial score (nSPS) is 17.6. The molecule has 0 bridgehead atoms. The van der Waals surface area contributed by atoms with Gasteiger partial charge in [0.1, 0.15) is 18.2 Å². The average molecular weight is 378 g/mol. The van der Waals surface area contributed by atoms with Crippen molar-refractivity contribution in [3.8, 4) is 5.88 Å². The number of aromatic nitrogens is 4. The Morgan fingerprint density at radius 3 is 2.71 bits per heavy atom. The van der Waals surface area contributed by atoms with Crippen LogP contribution >= 0.6 is 0 Å². The van der Waals surface area contributed by atoms with E-state index in [-0.39, 0.29) is 5.91 Å². The maximum absolute atomic E-state index is 12.9. The Morgan fingerprint density at radius 2 is 1.93 bits per heavy atom. The summed E-state index contributed by atoms with van der Waals surface area (Å²) in [6.07, 6.45) is 5.27.